The summed E-state index contributed by atoms with van der Waals surface area (Å²) in [6, 6.07) is 12.7. The number of hydrogen-bond donors (Lipinski definition) is 1. The van der Waals surface area contributed by atoms with Gasteiger partial charge in [0.1, 0.15) is 5.76 Å². The van der Waals surface area contributed by atoms with E-state index >= 15 is 0 Å². The monoisotopic (exact) mass is 325 g/mol. The van der Waals surface area contributed by atoms with Crippen molar-refractivity contribution in [2.24, 2.45) is 5.92 Å². The number of nitrogens with one attached hydrogen (secondary N) is 1. The van der Waals surface area contributed by atoms with Crippen molar-refractivity contribution in [2.45, 2.75) is 39.9 Å². The maximum Gasteiger partial charge on any atom is 0.204 e. The third-order valence-electron chi connectivity index (χ3n) is 4.42. The molecule has 2 heterocycles. The van der Waals surface area contributed by atoms with Gasteiger partial charge < -0.3 is 4.42 Å². The minimum absolute atomic E-state index is 0.451. The van der Waals surface area contributed by atoms with E-state index in [-0.39, 0.29) is 0 Å². The van der Waals surface area contributed by atoms with Crippen LogP contribution in [0.1, 0.15) is 32.1 Å². The van der Waals surface area contributed by atoms with Crippen LogP contribution in [0.4, 0.5) is 0 Å². The van der Waals surface area contributed by atoms with E-state index in [2.05, 4.69) is 58.4 Å². The van der Waals surface area contributed by atoms with Crippen molar-refractivity contribution in [3.8, 4) is 11.4 Å². The van der Waals surface area contributed by atoms with Gasteiger partial charge in [-0.2, -0.15) is 5.21 Å². The summed E-state index contributed by atoms with van der Waals surface area (Å²) in [6.45, 7) is 8.44. The molecule has 0 bridgehead atoms. The lowest BCUT2D eigenvalue weighted by Crippen LogP contribution is -2.35. The van der Waals surface area contributed by atoms with Crippen LogP contribution in [0.25, 0.3) is 11.4 Å². The van der Waals surface area contributed by atoms with Crippen molar-refractivity contribution >= 4 is 0 Å². The van der Waals surface area contributed by atoms with E-state index in [9.17, 15) is 0 Å². The molecule has 0 aliphatic heterocycles. The van der Waals surface area contributed by atoms with Gasteiger partial charge in [0.05, 0.1) is 12.8 Å². The quantitative estimate of drug-likeness (QED) is 0.720. The molecule has 0 fully saturated rings. The molecule has 2 aromatic heterocycles. The number of aromatic amines is 1. The molecule has 0 saturated heterocycles. The molecule has 0 saturated carbocycles. The fourth-order valence-corrected chi connectivity index (χ4v) is 2.65. The van der Waals surface area contributed by atoms with E-state index in [1.807, 2.05) is 24.3 Å². The first-order valence-corrected chi connectivity index (χ1v) is 8.22. The average Bonchev–Trinajstić information content (AvgIpc) is 3.28. The molecule has 0 amide bonds. The van der Waals surface area contributed by atoms with Gasteiger partial charge in [-0.3, -0.25) is 4.90 Å². The van der Waals surface area contributed by atoms with Crippen molar-refractivity contribution in [2.75, 3.05) is 0 Å². The number of benzene rings is 1. The predicted octanol–water partition coefficient (Wildman–Crippen LogP) is 3.51. The maximum absolute atomic E-state index is 5.53. The molecule has 1 aromatic carbocycles. The van der Waals surface area contributed by atoms with Crippen LogP contribution in [0.5, 0.6) is 0 Å². The third kappa shape index (κ3) is 3.89. The van der Waals surface area contributed by atoms with Crippen molar-refractivity contribution in [3.05, 3.63) is 54.0 Å². The summed E-state index contributed by atoms with van der Waals surface area (Å²) in [5, 5.41) is 14.1. The van der Waals surface area contributed by atoms with E-state index in [1.54, 1.807) is 6.26 Å². The van der Waals surface area contributed by atoms with E-state index < -0.39 is 0 Å². The Balaban J connectivity index is 1.74. The van der Waals surface area contributed by atoms with Crippen LogP contribution in [0.2, 0.25) is 0 Å². The van der Waals surface area contributed by atoms with Gasteiger partial charge in [-0.05, 0) is 35.8 Å². The molecule has 3 rings (SSSR count). The molecular formula is C18H23N5O. The number of rotatable bonds is 7. The number of tetrazole rings is 1. The number of furan rings is 1. The van der Waals surface area contributed by atoms with Gasteiger partial charge in [-0.25, -0.2) is 0 Å². The second-order valence-corrected chi connectivity index (χ2v) is 6.40. The second-order valence-electron chi connectivity index (χ2n) is 6.40. The lowest BCUT2D eigenvalue weighted by Gasteiger charge is -2.31. The number of H-pyrrole nitrogens is 1. The van der Waals surface area contributed by atoms with Gasteiger partial charge >= 0.3 is 0 Å². The highest BCUT2D eigenvalue weighted by molar-refractivity contribution is 5.54. The highest BCUT2D eigenvalue weighted by Gasteiger charge is 2.19. The smallest absolute Gasteiger partial charge is 0.204 e. The van der Waals surface area contributed by atoms with E-state index in [4.69, 9.17) is 4.42 Å². The Morgan fingerprint density at radius 3 is 2.46 bits per heavy atom. The molecule has 24 heavy (non-hydrogen) atoms. The number of hydrogen-bond acceptors (Lipinski definition) is 5. The van der Waals surface area contributed by atoms with Crippen LogP contribution in [0.3, 0.4) is 0 Å². The standard InChI is InChI=1S/C18H23N5O/c1-13(2)14(3)23(12-17-5-4-10-24-17)11-15-6-8-16(9-7-15)18-19-21-22-20-18/h4-10,13-14H,11-12H2,1-3H3,(H,19,20,21,22)/t14-/m1/s1. The maximum atomic E-state index is 5.53. The Morgan fingerprint density at radius 1 is 1.08 bits per heavy atom. The first-order valence-electron chi connectivity index (χ1n) is 8.22. The van der Waals surface area contributed by atoms with Gasteiger partial charge in [0, 0.05) is 18.2 Å². The lowest BCUT2D eigenvalue weighted by atomic mass is 10.0. The zero-order chi connectivity index (χ0) is 16.9. The van der Waals surface area contributed by atoms with Crippen LogP contribution in [-0.2, 0) is 13.1 Å². The molecule has 0 unspecified atom stereocenters. The largest absolute Gasteiger partial charge is 0.468 e. The highest BCUT2D eigenvalue weighted by atomic mass is 16.3. The third-order valence-corrected chi connectivity index (χ3v) is 4.42. The molecular weight excluding hydrogens is 302 g/mol. The van der Waals surface area contributed by atoms with Gasteiger partial charge in [0.15, 0.2) is 0 Å². The molecule has 0 radical (unpaired) electrons. The Bertz CT molecular complexity index is 719. The molecule has 6 heteroatoms. The van der Waals surface area contributed by atoms with Crippen LogP contribution in [0, 0.1) is 5.92 Å². The molecule has 0 spiro atoms. The molecule has 1 atom stereocenters. The van der Waals surface area contributed by atoms with E-state index in [0.29, 0.717) is 17.8 Å². The average molecular weight is 325 g/mol. The minimum Gasteiger partial charge on any atom is -0.468 e. The predicted molar refractivity (Wildman–Crippen MR) is 91.9 cm³/mol. The molecule has 6 nitrogen and oxygen atoms in total. The van der Waals surface area contributed by atoms with Gasteiger partial charge in [-0.1, -0.05) is 38.1 Å². The normalized spacial score (nSPS) is 12.9. The second kappa shape index (κ2) is 7.40. The Hall–Kier alpha value is -2.47. The minimum atomic E-state index is 0.451. The Labute approximate surface area is 141 Å². The van der Waals surface area contributed by atoms with Gasteiger partial charge in [0.2, 0.25) is 5.82 Å². The molecule has 0 aliphatic rings. The van der Waals surface area contributed by atoms with E-state index in [0.717, 1.165) is 24.4 Å². The highest BCUT2D eigenvalue weighted by Crippen LogP contribution is 2.20. The summed E-state index contributed by atoms with van der Waals surface area (Å²) < 4.78 is 5.53. The summed E-state index contributed by atoms with van der Waals surface area (Å²) in [5.74, 6) is 2.18. The number of nitrogens with zero attached hydrogens (tertiary/aromatic N) is 4. The molecule has 3 aromatic rings. The fourth-order valence-electron chi connectivity index (χ4n) is 2.65. The topological polar surface area (TPSA) is 70.8 Å². The van der Waals surface area contributed by atoms with E-state index in [1.165, 1.54) is 5.56 Å². The summed E-state index contributed by atoms with van der Waals surface area (Å²) >= 11 is 0. The Kier molecular flexibility index (Phi) is 5.05. The van der Waals surface area contributed by atoms with Crippen LogP contribution in [-0.4, -0.2) is 31.6 Å². The molecule has 1 N–H and O–H groups in total. The zero-order valence-corrected chi connectivity index (χ0v) is 14.3. The first kappa shape index (κ1) is 16.4. The summed E-state index contributed by atoms with van der Waals surface area (Å²) in [7, 11) is 0. The SMILES string of the molecule is CC(C)[C@@H](C)N(Cc1ccc(-c2nn[nH]n2)cc1)Cc1ccco1. The lowest BCUT2D eigenvalue weighted by molar-refractivity contribution is 0.140. The van der Waals surface area contributed by atoms with Crippen LogP contribution in [0.15, 0.2) is 47.1 Å². The first-order chi connectivity index (χ1) is 11.6. The summed E-state index contributed by atoms with van der Waals surface area (Å²) in [4.78, 5) is 2.44. The fraction of sp³-hybridized carbons (Fsp3) is 0.389. The van der Waals surface area contributed by atoms with Gasteiger partial charge in [0.25, 0.3) is 0 Å². The summed E-state index contributed by atoms with van der Waals surface area (Å²) in [6.07, 6.45) is 1.73. The van der Waals surface area contributed by atoms with Gasteiger partial charge in [-0.15, -0.1) is 10.2 Å². The van der Waals surface area contributed by atoms with Crippen molar-refractivity contribution in [1.29, 1.82) is 0 Å². The zero-order valence-electron chi connectivity index (χ0n) is 14.3. The number of aromatic nitrogens is 4. The van der Waals surface area contributed by atoms with Crippen LogP contribution < -0.4 is 0 Å². The molecule has 126 valence electrons. The van der Waals surface area contributed by atoms with Crippen molar-refractivity contribution < 1.29 is 4.42 Å². The summed E-state index contributed by atoms with van der Waals surface area (Å²) in [5.41, 5.74) is 2.21. The molecule has 0 aliphatic carbocycles. The van der Waals surface area contributed by atoms with Crippen molar-refractivity contribution in [1.82, 2.24) is 25.5 Å². The van der Waals surface area contributed by atoms with Crippen molar-refractivity contribution in [3.63, 3.8) is 0 Å². The van der Waals surface area contributed by atoms with Crippen LogP contribution >= 0.6 is 0 Å². The Morgan fingerprint density at radius 2 is 1.88 bits per heavy atom.